The van der Waals surface area contributed by atoms with Gasteiger partial charge in [-0.1, -0.05) is 91.0 Å². The summed E-state index contributed by atoms with van der Waals surface area (Å²) in [5, 5.41) is 2.51. The van der Waals surface area contributed by atoms with Gasteiger partial charge in [0.15, 0.2) is 0 Å². The summed E-state index contributed by atoms with van der Waals surface area (Å²) in [6, 6.07) is 34.6. The van der Waals surface area contributed by atoms with Crippen molar-refractivity contribution in [3.05, 3.63) is 114 Å². The molecule has 0 N–H and O–H groups in total. The van der Waals surface area contributed by atoms with E-state index in [1.807, 2.05) is 0 Å². The van der Waals surface area contributed by atoms with Gasteiger partial charge in [0.05, 0.1) is 0 Å². The van der Waals surface area contributed by atoms with E-state index in [0.29, 0.717) is 0 Å². The fourth-order valence-corrected chi connectivity index (χ4v) is 4.81. The van der Waals surface area contributed by atoms with Crippen LogP contribution in [0.3, 0.4) is 0 Å². The highest BCUT2D eigenvalue weighted by Gasteiger charge is 2.23. The Labute approximate surface area is 185 Å². The lowest BCUT2D eigenvalue weighted by molar-refractivity contribution is 0.236. The van der Waals surface area contributed by atoms with Crippen molar-refractivity contribution in [2.75, 3.05) is 26.2 Å². The van der Waals surface area contributed by atoms with Crippen LogP contribution in [-0.2, 0) is 0 Å². The van der Waals surface area contributed by atoms with Gasteiger partial charge in [-0.25, -0.2) is 0 Å². The smallest absolute Gasteiger partial charge is 0.124 e. The van der Waals surface area contributed by atoms with Crippen molar-refractivity contribution < 1.29 is 4.74 Å². The quantitative estimate of drug-likeness (QED) is 0.324. The number of benzene rings is 4. The maximum absolute atomic E-state index is 6.49. The van der Waals surface area contributed by atoms with Crippen LogP contribution in [0.5, 0.6) is 5.75 Å². The van der Waals surface area contributed by atoms with Crippen molar-refractivity contribution in [1.82, 2.24) is 4.90 Å². The Hall–Kier alpha value is -3.10. The Bertz CT molecular complexity index is 1080. The first kappa shape index (κ1) is 19.8. The Balaban J connectivity index is 1.60. The highest BCUT2D eigenvalue weighted by molar-refractivity contribution is 5.89. The first-order chi connectivity index (χ1) is 15.4. The van der Waals surface area contributed by atoms with E-state index < -0.39 is 0 Å². The van der Waals surface area contributed by atoms with Gasteiger partial charge in [0, 0.05) is 18.0 Å². The van der Waals surface area contributed by atoms with Gasteiger partial charge in [0.2, 0.25) is 0 Å². The molecule has 31 heavy (non-hydrogen) atoms. The molecule has 4 aromatic rings. The second kappa shape index (κ2) is 9.36. The molecule has 0 radical (unpaired) electrons. The lowest BCUT2D eigenvalue weighted by Crippen LogP contribution is -2.25. The molecule has 5 rings (SSSR count). The van der Waals surface area contributed by atoms with Gasteiger partial charge in [-0.15, -0.1) is 0 Å². The predicted molar refractivity (Wildman–Crippen MR) is 129 cm³/mol. The molecule has 0 unspecified atom stereocenters. The van der Waals surface area contributed by atoms with Crippen LogP contribution < -0.4 is 4.74 Å². The second-order valence-corrected chi connectivity index (χ2v) is 8.35. The number of hydrogen-bond acceptors (Lipinski definition) is 2. The molecule has 1 saturated heterocycles. The number of likely N-dealkylation sites (tertiary alicyclic amines) is 1. The molecule has 2 nitrogen and oxygen atoms in total. The number of nitrogens with zero attached hydrogens (tertiary/aromatic N) is 1. The van der Waals surface area contributed by atoms with Crippen LogP contribution >= 0.6 is 0 Å². The van der Waals surface area contributed by atoms with E-state index in [2.05, 4.69) is 102 Å². The molecule has 0 saturated carbocycles. The molecule has 1 heterocycles. The van der Waals surface area contributed by atoms with Crippen molar-refractivity contribution in [3.63, 3.8) is 0 Å². The fraction of sp³-hybridized carbons (Fsp3) is 0.241. The van der Waals surface area contributed by atoms with Crippen LogP contribution in [0, 0.1) is 0 Å². The Kier molecular flexibility index (Phi) is 5.99. The molecule has 0 aromatic heterocycles. The van der Waals surface area contributed by atoms with E-state index in [9.17, 15) is 0 Å². The van der Waals surface area contributed by atoms with E-state index >= 15 is 0 Å². The minimum atomic E-state index is 0.121. The van der Waals surface area contributed by atoms with Crippen molar-refractivity contribution in [1.29, 1.82) is 0 Å². The third-order valence-corrected chi connectivity index (χ3v) is 6.35. The molecule has 1 aliphatic heterocycles. The number of rotatable bonds is 7. The SMILES string of the molecule is c1ccc(C(c2ccccc2)c2c(OCCN3CCCC3)ccc3ccccc23)cc1. The summed E-state index contributed by atoms with van der Waals surface area (Å²) in [5.74, 6) is 1.12. The molecular formula is C29H29NO. The zero-order valence-electron chi connectivity index (χ0n) is 17.9. The standard InChI is InChI=1S/C29H29NO/c1-3-12-24(13-4-1)28(25-14-5-2-6-15-25)29-26-16-8-7-11-23(26)17-18-27(29)31-22-21-30-19-9-10-20-30/h1-8,11-18,28H,9-10,19-22H2. The van der Waals surface area contributed by atoms with Gasteiger partial charge in [0.1, 0.15) is 12.4 Å². The monoisotopic (exact) mass is 407 g/mol. The molecule has 156 valence electrons. The van der Waals surface area contributed by atoms with Crippen molar-refractivity contribution in [3.8, 4) is 5.75 Å². The molecule has 0 aliphatic carbocycles. The van der Waals surface area contributed by atoms with E-state index in [-0.39, 0.29) is 5.92 Å². The van der Waals surface area contributed by atoms with E-state index in [1.165, 1.54) is 53.4 Å². The van der Waals surface area contributed by atoms with Crippen LogP contribution in [0.4, 0.5) is 0 Å². The van der Waals surface area contributed by atoms with Gasteiger partial charge in [-0.3, -0.25) is 4.90 Å². The Morgan fingerprint density at radius 2 is 1.29 bits per heavy atom. The average Bonchev–Trinajstić information content (AvgIpc) is 3.35. The molecule has 1 aliphatic rings. The number of ether oxygens (including phenoxy) is 1. The summed E-state index contributed by atoms with van der Waals surface area (Å²) in [7, 11) is 0. The summed E-state index contributed by atoms with van der Waals surface area (Å²) in [5.41, 5.74) is 3.83. The Morgan fingerprint density at radius 1 is 0.677 bits per heavy atom. The second-order valence-electron chi connectivity index (χ2n) is 8.35. The summed E-state index contributed by atoms with van der Waals surface area (Å²) >= 11 is 0. The largest absolute Gasteiger partial charge is 0.492 e. The summed E-state index contributed by atoms with van der Waals surface area (Å²) < 4.78 is 6.49. The molecule has 0 atom stereocenters. The van der Waals surface area contributed by atoms with Gasteiger partial charge in [-0.05, 0) is 53.9 Å². The van der Waals surface area contributed by atoms with Gasteiger partial charge in [-0.2, -0.15) is 0 Å². The predicted octanol–water partition coefficient (Wildman–Crippen LogP) is 6.49. The maximum atomic E-state index is 6.49. The Morgan fingerprint density at radius 3 is 1.97 bits per heavy atom. The van der Waals surface area contributed by atoms with Crippen LogP contribution in [0.1, 0.15) is 35.4 Å². The number of hydrogen-bond donors (Lipinski definition) is 0. The maximum Gasteiger partial charge on any atom is 0.124 e. The molecule has 0 bridgehead atoms. The first-order valence-electron chi connectivity index (χ1n) is 11.4. The molecule has 4 aromatic carbocycles. The van der Waals surface area contributed by atoms with E-state index in [4.69, 9.17) is 4.74 Å². The third-order valence-electron chi connectivity index (χ3n) is 6.35. The highest BCUT2D eigenvalue weighted by Crippen LogP contribution is 2.41. The summed E-state index contributed by atoms with van der Waals surface area (Å²) in [6.07, 6.45) is 2.62. The fourth-order valence-electron chi connectivity index (χ4n) is 4.81. The zero-order chi connectivity index (χ0) is 20.9. The minimum Gasteiger partial charge on any atom is -0.492 e. The topological polar surface area (TPSA) is 12.5 Å². The minimum absolute atomic E-state index is 0.121. The normalized spacial score (nSPS) is 14.4. The van der Waals surface area contributed by atoms with Crippen LogP contribution in [0.2, 0.25) is 0 Å². The van der Waals surface area contributed by atoms with Crippen LogP contribution in [0.15, 0.2) is 97.1 Å². The molecular weight excluding hydrogens is 378 g/mol. The molecule has 2 heteroatoms. The van der Waals surface area contributed by atoms with E-state index in [1.54, 1.807) is 0 Å². The lowest BCUT2D eigenvalue weighted by Gasteiger charge is -2.24. The summed E-state index contributed by atoms with van der Waals surface area (Å²) in [4.78, 5) is 2.51. The third kappa shape index (κ3) is 4.35. The van der Waals surface area contributed by atoms with Gasteiger partial charge in [0.25, 0.3) is 0 Å². The average molecular weight is 408 g/mol. The van der Waals surface area contributed by atoms with Gasteiger partial charge < -0.3 is 4.74 Å². The highest BCUT2D eigenvalue weighted by atomic mass is 16.5. The molecule has 1 fully saturated rings. The van der Waals surface area contributed by atoms with Crippen molar-refractivity contribution in [2.45, 2.75) is 18.8 Å². The van der Waals surface area contributed by atoms with E-state index in [0.717, 1.165) is 18.9 Å². The van der Waals surface area contributed by atoms with Crippen LogP contribution in [-0.4, -0.2) is 31.1 Å². The summed E-state index contributed by atoms with van der Waals surface area (Å²) in [6.45, 7) is 4.12. The molecule has 0 amide bonds. The zero-order valence-corrected chi connectivity index (χ0v) is 17.9. The lowest BCUT2D eigenvalue weighted by atomic mass is 9.82. The van der Waals surface area contributed by atoms with Crippen molar-refractivity contribution in [2.24, 2.45) is 0 Å². The van der Waals surface area contributed by atoms with Crippen LogP contribution in [0.25, 0.3) is 10.8 Å². The van der Waals surface area contributed by atoms with Gasteiger partial charge >= 0.3 is 0 Å². The number of fused-ring (bicyclic) bond motifs is 1. The molecule has 0 spiro atoms. The van der Waals surface area contributed by atoms with Crippen molar-refractivity contribution >= 4 is 10.8 Å². The first-order valence-corrected chi connectivity index (χ1v) is 11.4.